The fourth-order valence-corrected chi connectivity index (χ4v) is 3.65. The van der Waals surface area contributed by atoms with Crippen LogP contribution in [-0.4, -0.2) is 19.4 Å². The Morgan fingerprint density at radius 2 is 1.89 bits per heavy atom. The van der Waals surface area contributed by atoms with Crippen LogP contribution in [0.3, 0.4) is 0 Å². The topological polar surface area (TPSA) is 34.1 Å². The molecule has 18 heavy (non-hydrogen) atoms. The van der Waals surface area contributed by atoms with Crippen LogP contribution in [0.5, 0.6) is 0 Å². The maximum atomic E-state index is 13.9. The van der Waals surface area contributed by atoms with Gasteiger partial charge in [-0.1, -0.05) is 27.5 Å². The highest BCUT2D eigenvalue weighted by Crippen LogP contribution is 2.42. The molecule has 0 N–H and O–H groups in total. The summed E-state index contributed by atoms with van der Waals surface area (Å²) in [6.45, 7) is 3.08. The molecule has 0 aliphatic rings. The molecule has 7 heteroatoms. The van der Waals surface area contributed by atoms with Gasteiger partial charge in [-0.25, -0.2) is 12.8 Å². The summed E-state index contributed by atoms with van der Waals surface area (Å²) in [5.41, 5.74) is 0.221. The lowest BCUT2D eigenvalue weighted by molar-refractivity contribution is 0.536. The zero-order valence-electron chi connectivity index (χ0n) is 9.97. The highest BCUT2D eigenvalue weighted by Gasteiger charge is 2.39. The van der Waals surface area contributed by atoms with Gasteiger partial charge in [-0.15, -0.1) is 0 Å². The molecule has 0 aromatic heterocycles. The monoisotopic (exact) mass is 420 g/mol. The number of hydrogen-bond donors (Lipinski definition) is 0. The highest BCUT2D eigenvalue weighted by molar-refractivity contribution is 9.10. The summed E-state index contributed by atoms with van der Waals surface area (Å²) in [6, 6.07) is 2.65. The molecule has 0 fully saturated rings. The van der Waals surface area contributed by atoms with Crippen molar-refractivity contribution < 1.29 is 12.8 Å². The van der Waals surface area contributed by atoms with Gasteiger partial charge in [-0.05, 0) is 41.9 Å². The molecule has 1 aromatic rings. The summed E-state index contributed by atoms with van der Waals surface area (Å²) in [4.78, 5) is -0.689. The van der Waals surface area contributed by atoms with E-state index in [0.29, 0.717) is 9.50 Å². The predicted octanol–water partition coefficient (Wildman–Crippen LogP) is 4.50. The van der Waals surface area contributed by atoms with E-state index in [1.807, 2.05) is 0 Å². The third kappa shape index (κ3) is 3.08. The molecule has 1 aromatic carbocycles. The van der Waals surface area contributed by atoms with Crippen molar-refractivity contribution in [3.05, 3.63) is 33.0 Å². The van der Waals surface area contributed by atoms with Crippen LogP contribution < -0.4 is 0 Å². The molecule has 0 aliphatic carbocycles. The second-order valence-electron chi connectivity index (χ2n) is 4.53. The Hall–Kier alpha value is 0.350. The normalized spacial score (nSPS) is 14.6. The van der Waals surface area contributed by atoms with E-state index in [9.17, 15) is 12.8 Å². The fraction of sp³-hybridized carbons (Fsp3) is 0.455. The molecular formula is C11H12Br2ClFO2S. The number of rotatable bonds is 3. The average Bonchev–Trinajstić information content (AvgIpc) is 2.20. The molecule has 102 valence electrons. The highest BCUT2D eigenvalue weighted by atomic mass is 79.9. The van der Waals surface area contributed by atoms with Crippen LogP contribution in [0, 0.1) is 5.82 Å². The lowest BCUT2D eigenvalue weighted by atomic mass is 10.0. The number of alkyl halides is 1. The van der Waals surface area contributed by atoms with E-state index in [4.69, 9.17) is 11.6 Å². The molecule has 1 atom stereocenters. The lowest BCUT2D eigenvalue weighted by Gasteiger charge is -2.29. The first-order chi connectivity index (χ1) is 7.98. The summed E-state index contributed by atoms with van der Waals surface area (Å²) < 4.78 is 36.6. The van der Waals surface area contributed by atoms with Gasteiger partial charge in [-0.2, -0.15) is 0 Å². The van der Waals surface area contributed by atoms with Gasteiger partial charge in [0.25, 0.3) is 0 Å². The minimum absolute atomic E-state index is 0.221. The fourth-order valence-electron chi connectivity index (χ4n) is 1.29. The van der Waals surface area contributed by atoms with E-state index in [1.54, 1.807) is 0 Å². The van der Waals surface area contributed by atoms with Crippen LogP contribution in [0.4, 0.5) is 4.39 Å². The van der Waals surface area contributed by atoms with Crippen molar-refractivity contribution in [1.29, 1.82) is 0 Å². The van der Waals surface area contributed by atoms with E-state index in [1.165, 1.54) is 26.0 Å². The summed E-state index contributed by atoms with van der Waals surface area (Å²) in [7, 11) is -3.36. The minimum Gasteiger partial charge on any atom is -0.229 e. The van der Waals surface area contributed by atoms with Crippen molar-refractivity contribution in [1.82, 2.24) is 0 Å². The lowest BCUT2D eigenvalue weighted by Crippen LogP contribution is -2.35. The van der Waals surface area contributed by atoms with E-state index >= 15 is 0 Å². The van der Waals surface area contributed by atoms with Gasteiger partial charge in [0.2, 0.25) is 0 Å². The van der Waals surface area contributed by atoms with Crippen molar-refractivity contribution >= 4 is 53.3 Å². The number of benzene rings is 1. The van der Waals surface area contributed by atoms with Gasteiger partial charge in [0, 0.05) is 16.3 Å². The van der Waals surface area contributed by atoms with E-state index < -0.39 is 25.2 Å². The first-order valence-corrected chi connectivity index (χ1v) is 8.94. The van der Waals surface area contributed by atoms with Crippen LogP contribution in [0.15, 0.2) is 16.6 Å². The molecule has 1 unspecified atom stereocenters. The number of halogens is 4. The SMILES string of the molecule is CC(C)(C(Br)c1cc(Cl)c(Br)cc1F)S(C)(=O)=O. The molecule has 0 heterocycles. The summed E-state index contributed by atoms with van der Waals surface area (Å²) in [5.74, 6) is -0.509. The minimum atomic E-state index is -3.36. The molecule has 0 spiro atoms. The van der Waals surface area contributed by atoms with Gasteiger partial charge in [0.15, 0.2) is 9.84 Å². The quantitative estimate of drug-likeness (QED) is 0.531. The van der Waals surface area contributed by atoms with E-state index in [2.05, 4.69) is 31.9 Å². The standard InChI is InChI=1S/C11H12Br2ClFO2S/c1-11(2,18(3,16)17)10(13)6-4-8(14)7(12)5-9(6)15/h4-5,10H,1-3H3. The number of hydrogen-bond acceptors (Lipinski definition) is 2. The van der Waals surface area contributed by atoms with Gasteiger partial charge in [-0.3, -0.25) is 0 Å². The zero-order chi connectivity index (χ0) is 14.3. The molecular weight excluding hydrogens is 410 g/mol. The van der Waals surface area contributed by atoms with Gasteiger partial charge >= 0.3 is 0 Å². The van der Waals surface area contributed by atoms with Crippen molar-refractivity contribution in [2.45, 2.75) is 23.4 Å². The summed E-state index contributed by atoms with van der Waals surface area (Å²) >= 11 is 12.3. The molecule has 0 saturated heterocycles. The Morgan fingerprint density at radius 1 is 1.39 bits per heavy atom. The summed E-state index contributed by atoms with van der Waals surface area (Å²) in [5, 5.41) is 0.333. The van der Waals surface area contributed by atoms with Crippen LogP contribution in [0.2, 0.25) is 5.02 Å². The molecule has 0 bridgehead atoms. The summed E-state index contributed by atoms with van der Waals surface area (Å²) in [6.07, 6.45) is 1.12. The van der Waals surface area contributed by atoms with Crippen LogP contribution >= 0.6 is 43.5 Å². The third-order valence-corrected chi connectivity index (χ3v) is 8.16. The molecule has 0 radical (unpaired) electrons. The first-order valence-electron chi connectivity index (χ1n) is 4.96. The zero-order valence-corrected chi connectivity index (χ0v) is 14.7. The Bertz CT molecular complexity index is 573. The van der Waals surface area contributed by atoms with Crippen molar-refractivity contribution in [2.24, 2.45) is 0 Å². The Morgan fingerprint density at radius 3 is 2.33 bits per heavy atom. The largest absolute Gasteiger partial charge is 0.229 e. The molecule has 0 aliphatic heterocycles. The third-order valence-electron chi connectivity index (χ3n) is 2.88. The van der Waals surface area contributed by atoms with Crippen LogP contribution in [0.1, 0.15) is 24.2 Å². The van der Waals surface area contributed by atoms with Gasteiger partial charge < -0.3 is 0 Å². The first kappa shape index (κ1) is 16.4. The van der Waals surface area contributed by atoms with Gasteiger partial charge in [0.05, 0.1) is 14.6 Å². The van der Waals surface area contributed by atoms with Crippen LogP contribution in [0.25, 0.3) is 0 Å². The Balaban J connectivity index is 3.36. The van der Waals surface area contributed by atoms with E-state index in [-0.39, 0.29) is 5.56 Å². The van der Waals surface area contributed by atoms with Crippen molar-refractivity contribution in [3.8, 4) is 0 Å². The van der Waals surface area contributed by atoms with Crippen molar-refractivity contribution in [2.75, 3.05) is 6.26 Å². The molecule has 0 amide bonds. The van der Waals surface area contributed by atoms with Gasteiger partial charge in [0.1, 0.15) is 5.82 Å². The second kappa shape index (κ2) is 5.38. The Kier molecular flexibility index (Phi) is 4.91. The molecule has 1 rings (SSSR count). The Labute approximate surface area is 128 Å². The van der Waals surface area contributed by atoms with Crippen LogP contribution in [-0.2, 0) is 9.84 Å². The maximum absolute atomic E-state index is 13.9. The van der Waals surface area contributed by atoms with Crippen molar-refractivity contribution in [3.63, 3.8) is 0 Å². The average molecular weight is 423 g/mol. The predicted molar refractivity (Wildman–Crippen MR) is 79.7 cm³/mol. The van der Waals surface area contributed by atoms with E-state index in [0.717, 1.165) is 6.26 Å². The number of sulfone groups is 1. The molecule has 2 nitrogen and oxygen atoms in total. The smallest absolute Gasteiger partial charge is 0.154 e. The second-order valence-corrected chi connectivity index (χ2v) is 9.30. The molecule has 0 saturated carbocycles. The maximum Gasteiger partial charge on any atom is 0.154 e.